The van der Waals surface area contributed by atoms with E-state index in [0.717, 1.165) is 0 Å². The van der Waals surface area contributed by atoms with Crippen molar-refractivity contribution in [1.29, 1.82) is 0 Å². The molecule has 0 saturated carbocycles. The number of amides is 1. The van der Waals surface area contributed by atoms with Gasteiger partial charge in [-0.05, 0) is 24.7 Å². The van der Waals surface area contributed by atoms with Crippen molar-refractivity contribution in [2.24, 2.45) is 11.7 Å². The Morgan fingerprint density at radius 3 is 2.60 bits per heavy atom. The lowest BCUT2D eigenvalue weighted by Gasteiger charge is -2.10. The van der Waals surface area contributed by atoms with Gasteiger partial charge in [-0.1, -0.05) is 19.1 Å². The standard InChI is InChI=1S/C12H19N3O3S.ClH/c1-9(7-13)12(16)15-8-10-4-3-5-11(6-10)19(17,18)14-2;/h3-6,9,14H,7-8,13H2,1-2H3,(H,15,16);1H. The minimum Gasteiger partial charge on any atom is -0.352 e. The van der Waals surface area contributed by atoms with E-state index in [1.165, 1.54) is 19.2 Å². The topological polar surface area (TPSA) is 101 Å². The van der Waals surface area contributed by atoms with E-state index < -0.39 is 10.0 Å². The molecule has 1 atom stereocenters. The van der Waals surface area contributed by atoms with Gasteiger partial charge in [0.2, 0.25) is 15.9 Å². The van der Waals surface area contributed by atoms with Crippen LogP contribution in [0.3, 0.4) is 0 Å². The SMILES string of the molecule is CNS(=O)(=O)c1cccc(CNC(=O)C(C)CN)c1.Cl. The number of hydrogen-bond acceptors (Lipinski definition) is 4. The van der Waals surface area contributed by atoms with Gasteiger partial charge in [0.25, 0.3) is 0 Å². The first-order chi connectivity index (χ1) is 8.90. The van der Waals surface area contributed by atoms with Crippen LogP contribution in [0.15, 0.2) is 29.2 Å². The van der Waals surface area contributed by atoms with Crippen molar-refractivity contribution in [2.45, 2.75) is 18.4 Å². The Kier molecular flexibility index (Phi) is 7.74. The zero-order chi connectivity index (χ0) is 14.5. The second-order valence-corrected chi connectivity index (χ2v) is 6.10. The highest BCUT2D eigenvalue weighted by Crippen LogP contribution is 2.11. The molecule has 0 aliphatic carbocycles. The molecule has 1 rings (SSSR count). The molecule has 0 bridgehead atoms. The summed E-state index contributed by atoms with van der Waals surface area (Å²) in [6, 6.07) is 6.42. The second-order valence-electron chi connectivity index (χ2n) is 4.21. The number of rotatable bonds is 6. The molecule has 0 spiro atoms. The predicted octanol–water partition coefficient (Wildman–Crippen LogP) is 0.228. The number of carbonyl (C=O) groups is 1. The maximum atomic E-state index is 11.6. The van der Waals surface area contributed by atoms with Gasteiger partial charge in [-0.2, -0.15) is 0 Å². The zero-order valence-corrected chi connectivity index (χ0v) is 13.1. The molecule has 1 aromatic rings. The van der Waals surface area contributed by atoms with Crippen LogP contribution in [0.5, 0.6) is 0 Å². The highest BCUT2D eigenvalue weighted by atomic mass is 35.5. The fraction of sp³-hybridized carbons (Fsp3) is 0.417. The van der Waals surface area contributed by atoms with Crippen LogP contribution in [-0.2, 0) is 21.4 Å². The third-order valence-corrected chi connectivity index (χ3v) is 4.16. The molecule has 1 aromatic carbocycles. The summed E-state index contributed by atoms with van der Waals surface area (Å²) < 4.78 is 25.5. The van der Waals surface area contributed by atoms with Crippen molar-refractivity contribution in [2.75, 3.05) is 13.6 Å². The molecule has 6 nitrogen and oxygen atoms in total. The summed E-state index contributed by atoms with van der Waals surface area (Å²) in [5.74, 6) is -0.409. The predicted molar refractivity (Wildman–Crippen MR) is 80.0 cm³/mol. The highest BCUT2D eigenvalue weighted by Gasteiger charge is 2.13. The molecule has 0 aromatic heterocycles. The lowest BCUT2D eigenvalue weighted by atomic mass is 10.1. The molecule has 8 heteroatoms. The van der Waals surface area contributed by atoms with Crippen molar-refractivity contribution in [3.63, 3.8) is 0 Å². The van der Waals surface area contributed by atoms with E-state index >= 15 is 0 Å². The largest absolute Gasteiger partial charge is 0.352 e. The lowest BCUT2D eigenvalue weighted by molar-refractivity contribution is -0.124. The smallest absolute Gasteiger partial charge is 0.240 e. The summed E-state index contributed by atoms with van der Waals surface area (Å²) >= 11 is 0. The van der Waals surface area contributed by atoms with E-state index in [1.807, 2.05) is 0 Å². The van der Waals surface area contributed by atoms with Gasteiger partial charge in [0.1, 0.15) is 0 Å². The molecule has 114 valence electrons. The minimum atomic E-state index is -3.46. The zero-order valence-electron chi connectivity index (χ0n) is 11.4. The maximum Gasteiger partial charge on any atom is 0.240 e. The summed E-state index contributed by atoms with van der Waals surface area (Å²) in [4.78, 5) is 11.7. The van der Waals surface area contributed by atoms with Gasteiger partial charge in [-0.25, -0.2) is 13.1 Å². The Morgan fingerprint density at radius 2 is 2.05 bits per heavy atom. The van der Waals surface area contributed by atoms with Crippen molar-refractivity contribution in [1.82, 2.24) is 10.0 Å². The molecule has 0 heterocycles. The van der Waals surface area contributed by atoms with Gasteiger partial charge in [0, 0.05) is 19.0 Å². The van der Waals surface area contributed by atoms with E-state index in [-0.39, 0.29) is 42.2 Å². The first kappa shape index (κ1) is 18.9. The van der Waals surface area contributed by atoms with E-state index in [2.05, 4.69) is 10.0 Å². The number of halogens is 1. The quantitative estimate of drug-likeness (QED) is 0.698. The Morgan fingerprint density at radius 1 is 1.40 bits per heavy atom. The molecule has 0 saturated heterocycles. The average Bonchev–Trinajstić information content (AvgIpc) is 2.44. The van der Waals surface area contributed by atoms with Crippen LogP contribution in [0.1, 0.15) is 12.5 Å². The summed E-state index contributed by atoms with van der Waals surface area (Å²) in [7, 11) is -2.11. The molecular weight excluding hydrogens is 302 g/mol. The van der Waals surface area contributed by atoms with Crippen LogP contribution in [0, 0.1) is 5.92 Å². The Labute approximate surface area is 125 Å². The monoisotopic (exact) mass is 321 g/mol. The summed E-state index contributed by atoms with van der Waals surface area (Å²) in [6.07, 6.45) is 0. The van der Waals surface area contributed by atoms with Gasteiger partial charge in [-0.3, -0.25) is 4.79 Å². The third kappa shape index (κ3) is 5.09. The summed E-state index contributed by atoms with van der Waals surface area (Å²) in [6.45, 7) is 2.29. The van der Waals surface area contributed by atoms with Gasteiger partial charge >= 0.3 is 0 Å². The summed E-state index contributed by atoms with van der Waals surface area (Å²) in [5, 5.41) is 2.71. The van der Waals surface area contributed by atoms with Gasteiger partial charge < -0.3 is 11.1 Å². The van der Waals surface area contributed by atoms with Gasteiger partial charge in [0.05, 0.1) is 4.90 Å². The number of sulfonamides is 1. The Hall–Kier alpha value is -1.15. The average molecular weight is 322 g/mol. The first-order valence-electron chi connectivity index (χ1n) is 5.91. The van der Waals surface area contributed by atoms with E-state index in [9.17, 15) is 13.2 Å². The highest BCUT2D eigenvalue weighted by molar-refractivity contribution is 7.89. The van der Waals surface area contributed by atoms with Gasteiger partial charge in [-0.15, -0.1) is 12.4 Å². The van der Waals surface area contributed by atoms with Crippen molar-refractivity contribution >= 4 is 28.3 Å². The van der Waals surface area contributed by atoms with Gasteiger partial charge in [0.15, 0.2) is 0 Å². The van der Waals surface area contributed by atoms with Crippen LogP contribution in [0.25, 0.3) is 0 Å². The van der Waals surface area contributed by atoms with Crippen molar-refractivity contribution in [3.8, 4) is 0 Å². The maximum absolute atomic E-state index is 11.6. The van der Waals surface area contributed by atoms with E-state index in [0.29, 0.717) is 5.56 Å². The lowest BCUT2D eigenvalue weighted by Crippen LogP contribution is -2.32. The van der Waals surface area contributed by atoms with E-state index in [4.69, 9.17) is 5.73 Å². The van der Waals surface area contributed by atoms with Crippen LogP contribution in [0.2, 0.25) is 0 Å². The molecule has 0 aliphatic heterocycles. The number of carbonyl (C=O) groups excluding carboxylic acids is 1. The molecular formula is C12H20ClN3O3S. The molecule has 1 amide bonds. The fourth-order valence-electron chi connectivity index (χ4n) is 1.41. The Bertz CT molecular complexity index is 549. The molecule has 20 heavy (non-hydrogen) atoms. The van der Waals surface area contributed by atoms with E-state index in [1.54, 1.807) is 19.1 Å². The normalized spacial score (nSPS) is 12.3. The van der Waals surface area contributed by atoms with Crippen molar-refractivity contribution in [3.05, 3.63) is 29.8 Å². The van der Waals surface area contributed by atoms with Crippen molar-refractivity contribution < 1.29 is 13.2 Å². The number of hydrogen-bond donors (Lipinski definition) is 3. The number of nitrogens with two attached hydrogens (primary N) is 1. The minimum absolute atomic E-state index is 0. The van der Waals surface area contributed by atoms with Crippen LogP contribution in [-0.4, -0.2) is 27.9 Å². The second kappa shape index (κ2) is 8.21. The molecule has 0 radical (unpaired) electrons. The number of nitrogens with one attached hydrogen (secondary N) is 2. The molecule has 0 aliphatic rings. The fourth-order valence-corrected chi connectivity index (χ4v) is 2.21. The van der Waals surface area contributed by atoms with Crippen LogP contribution in [0.4, 0.5) is 0 Å². The third-order valence-electron chi connectivity index (χ3n) is 2.75. The number of benzene rings is 1. The summed E-state index contributed by atoms with van der Waals surface area (Å²) in [5.41, 5.74) is 6.11. The molecule has 0 fully saturated rings. The molecule has 4 N–H and O–H groups in total. The van der Waals surface area contributed by atoms with Crippen LogP contribution < -0.4 is 15.8 Å². The van der Waals surface area contributed by atoms with Crippen LogP contribution >= 0.6 is 12.4 Å². The Balaban J connectivity index is 0.00000361. The first-order valence-corrected chi connectivity index (χ1v) is 7.39. The molecule has 1 unspecified atom stereocenters.